The number of morpholine rings is 1. The van der Waals surface area contributed by atoms with Gasteiger partial charge in [-0.25, -0.2) is 15.2 Å². The molecule has 378 valence electrons. The topological polar surface area (TPSA) is 150 Å². The summed E-state index contributed by atoms with van der Waals surface area (Å²) in [5, 5.41) is 8.42. The van der Waals surface area contributed by atoms with E-state index in [4.69, 9.17) is 24.2 Å². The van der Waals surface area contributed by atoms with Crippen molar-refractivity contribution in [3.63, 3.8) is 0 Å². The van der Waals surface area contributed by atoms with Crippen molar-refractivity contribution in [3.8, 4) is 22.5 Å². The quantitative estimate of drug-likeness (QED) is 0.222. The standard InChI is InChI=1S/C47H66N10O6S.4H2S/c1-9-55-40-13-12-31-21-34(40)36(43(55)35-22-32(25-48-42(35)30(2)61-8)54-17-15-53(7)16-18-54)24-47(3,4)29-63-45(59)37-11-10-14-57(51-37)44(58)38(23-41-49-39(31)28-64-41)50-46(60)56-19-20-62-27-33(56)26-52(5)6;;;;/h12-13,21-22,25,28,30,33,37-38,51H,9-11,14-20,23-24,26-27,29H2,1-8H3,(H,50,60);4*1H2/t30-,33-,37-,38-;;;;/m0..../s1. The Morgan fingerprint density at radius 2 is 1.82 bits per heavy atom. The van der Waals surface area contributed by atoms with Gasteiger partial charge in [0.1, 0.15) is 12.1 Å². The summed E-state index contributed by atoms with van der Waals surface area (Å²) in [7, 11) is 7.82. The van der Waals surface area contributed by atoms with E-state index in [0.717, 1.165) is 76.5 Å². The number of hydrogen-bond donors (Lipinski definition) is 2. The molecular formula is C47H74N10O6S5. The largest absolute Gasteiger partial charge is 0.464 e. The number of rotatable bonds is 8. The molecule has 21 heteroatoms. The summed E-state index contributed by atoms with van der Waals surface area (Å²) in [6, 6.07) is 6.67. The lowest BCUT2D eigenvalue weighted by Crippen LogP contribution is -2.63. The SMILES string of the molecule is CCn1c(-c2cc(N3CCN(C)CC3)cnc2[C@H](C)OC)c2c3cc(ccc31)-c1csc(n1)C[C@H](NC(=O)N1CCOC[C@@H]1CN(C)C)C(=O)N1CCC[C@H](N1)C(=O)OCC(C)(C)C2.S.S.S.S. The number of thiazole rings is 1. The number of hydrogen-bond acceptors (Lipinski definition) is 13. The highest BCUT2D eigenvalue weighted by Gasteiger charge is 2.37. The summed E-state index contributed by atoms with van der Waals surface area (Å²) >= 11 is 1.47. The highest BCUT2D eigenvalue weighted by molar-refractivity contribution is 7.59. The molecule has 4 aromatic rings. The van der Waals surface area contributed by atoms with Gasteiger partial charge in [-0.1, -0.05) is 19.9 Å². The Hall–Kier alpha value is -3.25. The fourth-order valence-corrected chi connectivity index (χ4v) is 10.4. The minimum Gasteiger partial charge on any atom is -0.464 e. The third-order valence-corrected chi connectivity index (χ3v) is 14.0. The highest BCUT2D eigenvalue weighted by Crippen LogP contribution is 2.43. The molecule has 0 unspecified atom stereocenters. The van der Waals surface area contributed by atoms with E-state index in [0.29, 0.717) is 63.7 Å². The maximum absolute atomic E-state index is 14.5. The number of carbonyl (C=O) groups excluding carboxylic acids is 3. The zero-order chi connectivity index (χ0) is 45.3. The normalized spacial score (nSPS) is 21.7. The number of carbonyl (C=O) groups is 3. The number of esters is 1. The van der Waals surface area contributed by atoms with Gasteiger partial charge in [-0.2, -0.15) is 54.0 Å². The Bertz CT molecular complexity index is 2340. The van der Waals surface area contributed by atoms with Crippen molar-refractivity contribution in [2.45, 2.75) is 84.2 Å². The lowest BCUT2D eigenvalue weighted by Gasteiger charge is -2.39. The zero-order valence-corrected chi connectivity index (χ0v) is 45.6. The van der Waals surface area contributed by atoms with Crippen molar-refractivity contribution in [2.75, 3.05) is 98.8 Å². The van der Waals surface area contributed by atoms with Crippen LogP contribution in [0.3, 0.4) is 0 Å². The third-order valence-electron chi connectivity index (χ3n) is 13.1. The molecule has 7 heterocycles. The molecule has 3 saturated heterocycles. The van der Waals surface area contributed by atoms with E-state index >= 15 is 0 Å². The van der Waals surface area contributed by atoms with Crippen molar-refractivity contribution in [1.29, 1.82) is 0 Å². The van der Waals surface area contributed by atoms with Gasteiger partial charge in [-0.05, 0) is 78.0 Å². The first-order valence-corrected chi connectivity index (χ1v) is 23.7. The van der Waals surface area contributed by atoms with Gasteiger partial charge in [-0.15, -0.1) is 11.3 Å². The predicted molar refractivity (Wildman–Crippen MR) is 291 cm³/mol. The van der Waals surface area contributed by atoms with Crippen LogP contribution < -0.4 is 15.6 Å². The van der Waals surface area contributed by atoms with Crippen LogP contribution in [-0.4, -0.2) is 164 Å². The van der Waals surface area contributed by atoms with Crippen LogP contribution in [0.15, 0.2) is 35.8 Å². The number of urea groups is 1. The van der Waals surface area contributed by atoms with Crippen LogP contribution >= 0.6 is 65.3 Å². The number of hydrazine groups is 1. The third kappa shape index (κ3) is 12.6. The summed E-state index contributed by atoms with van der Waals surface area (Å²) in [6.45, 7) is 15.4. The number of amides is 3. The minimum atomic E-state index is -0.941. The number of methoxy groups -OCH3 is 1. The number of aryl methyl sites for hydroxylation is 1. The smallest absolute Gasteiger partial charge is 0.324 e. The predicted octanol–water partition coefficient (Wildman–Crippen LogP) is 5.26. The van der Waals surface area contributed by atoms with Gasteiger partial charge in [0.05, 0.1) is 65.9 Å². The van der Waals surface area contributed by atoms with Crippen LogP contribution in [0.2, 0.25) is 0 Å². The molecule has 4 atom stereocenters. The number of piperazine rings is 1. The average molecular weight is 1040 g/mol. The fraction of sp³-hybridized carbons (Fsp3) is 0.596. The van der Waals surface area contributed by atoms with Gasteiger partial charge in [-0.3, -0.25) is 19.6 Å². The molecule has 6 bridgehead atoms. The number of likely N-dealkylation sites (N-methyl/N-ethyl adjacent to an activating group) is 2. The van der Waals surface area contributed by atoms with Crippen molar-refractivity contribution in [1.82, 2.24) is 45.0 Å². The number of nitrogens with zero attached hydrogens (tertiary/aromatic N) is 8. The molecule has 0 aliphatic carbocycles. The maximum Gasteiger partial charge on any atom is 0.324 e. The van der Waals surface area contributed by atoms with Crippen LogP contribution in [0.1, 0.15) is 62.9 Å². The number of nitrogens with one attached hydrogen (secondary N) is 2. The lowest BCUT2D eigenvalue weighted by molar-refractivity contribution is -0.155. The molecule has 3 amide bonds. The summed E-state index contributed by atoms with van der Waals surface area (Å²) in [6.07, 6.45) is 3.63. The first-order valence-electron chi connectivity index (χ1n) is 22.8. The molecule has 3 fully saturated rings. The second kappa shape index (κ2) is 24.7. The van der Waals surface area contributed by atoms with E-state index in [9.17, 15) is 14.4 Å². The molecule has 0 spiro atoms. The molecule has 2 N–H and O–H groups in total. The zero-order valence-electron chi connectivity index (χ0n) is 40.8. The molecule has 8 rings (SSSR count). The number of pyridine rings is 1. The van der Waals surface area contributed by atoms with E-state index in [1.165, 1.54) is 16.3 Å². The van der Waals surface area contributed by atoms with Gasteiger partial charge in [0, 0.05) is 98.7 Å². The molecule has 4 aliphatic rings. The Balaban J connectivity index is 0.00000252. The number of cyclic esters (lactones) is 1. The Labute approximate surface area is 433 Å². The number of anilines is 1. The van der Waals surface area contributed by atoms with Gasteiger partial charge in [0.25, 0.3) is 5.91 Å². The minimum absolute atomic E-state index is 0. The Morgan fingerprint density at radius 1 is 1.07 bits per heavy atom. The first-order chi connectivity index (χ1) is 30.7. The average Bonchev–Trinajstić information content (AvgIpc) is 3.88. The van der Waals surface area contributed by atoms with Crippen molar-refractivity contribution < 1.29 is 28.6 Å². The van der Waals surface area contributed by atoms with E-state index < -0.39 is 23.5 Å². The number of fused-ring (bicyclic) bond motifs is 6. The van der Waals surface area contributed by atoms with Crippen LogP contribution in [0, 0.1) is 5.41 Å². The molecule has 4 aliphatic heterocycles. The van der Waals surface area contributed by atoms with E-state index in [2.05, 4.69) is 77.2 Å². The van der Waals surface area contributed by atoms with Crippen LogP contribution in [0.25, 0.3) is 33.4 Å². The Kier molecular flexibility index (Phi) is 20.8. The Morgan fingerprint density at radius 3 is 2.53 bits per heavy atom. The highest BCUT2D eigenvalue weighted by atomic mass is 32.1. The summed E-state index contributed by atoms with van der Waals surface area (Å²) in [5.41, 5.74) is 10.7. The molecule has 3 aromatic heterocycles. The van der Waals surface area contributed by atoms with E-state index in [-0.39, 0.29) is 91.1 Å². The van der Waals surface area contributed by atoms with E-state index in [1.807, 2.05) is 37.5 Å². The lowest BCUT2D eigenvalue weighted by atomic mass is 9.84. The van der Waals surface area contributed by atoms with Crippen molar-refractivity contribution in [3.05, 3.63) is 52.1 Å². The van der Waals surface area contributed by atoms with Crippen molar-refractivity contribution in [2.24, 2.45) is 5.41 Å². The first kappa shape index (κ1) is 57.3. The maximum atomic E-state index is 14.5. The van der Waals surface area contributed by atoms with Crippen LogP contribution in [-0.2, 0) is 43.2 Å². The molecule has 0 radical (unpaired) electrons. The second-order valence-corrected chi connectivity index (χ2v) is 19.8. The molecule has 0 saturated carbocycles. The van der Waals surface area contributed by atoms with Crippen LogP contribution in [0.5, 0.6) is 0 Å². The van der Waals surface area contributed by atoms with Crippen LogP contribution in [0.4, 0.5) is 10.5 Å². The van der Waals surface area contributed by atoms with E-state index in [1.54, 1.807) is 12.0 Å². The van der Waals surface area contributed by atoms with Gasteiger partial charge >= 0.3 is 12.0 Å². The summed E-state index contributed by atoms with van der Waals surface area (Å²) < 4.78 is 20.3. The molecule has 68 heavy (non-hydrogen) atoms. The number of ether oxygens (including phenoxy) is 3. The molecule has 16 nitrogen and oxygen atoms in total. The van der Waals surface area contributed by atoms with Gasteiger partial charge in [0.2, 0.25) is 0 Å². The van der Waals surface area contributed by atoms with Crippen molar-refractivity contribution >= 4 is 99.8 Å². The number of aromatic nitrogens is 3. The summed E-state index contributed by atoms with van der Waals surface area (Å²) in [4.78, 5) is 61.3. The van der Waals surface area contributed by atoms with Gasteiger partial charge in [0.15, 0.2) is 0 Å². The number of benzene rings is 1. The second-order valence-electron chi connectivity index (χ2n) is 18.9. The van der Waals surface area contributed by atoms with Gasteiger partial charge < -0.3 is 43.7 Å². The monoisotopic (exact) mass is 1030 g/mol. The molecular weight excluding hydrogens is 961 g/mol. The fourth-order valence-electron chi connectivity index (χ4n) is 9.56. The molecule has 1 aromatic carbocycles. The summed E-state index contributed by atoms with van der Waals surface area (Å²) in [5.74, 6) is -0.732.